The largest absolute Gasteiger partial charge is 0.312 e. The minimum atomic E-state index is 0.320. The Morgan fingerprint density at radius 1 is 1.35 bits per heavy atom. The van der Waals surface area contributed by atoms with E-state index >= 15 is 0 Å². The van der Waals surface area contributed by atoms with Crippen LogP contribution in [0.5, 0.6) is 0 Å². The molecule has 1 aromatic rings. The predicted molar refractivity (Wildman–Crippen MR) is 79.9 cm³/mol. The molecule has 0 bridgehead atoms. The van der Waals surface area contributed by atoms with Crippen LogP contribution in [-0.2, 0) is 12.3 Å². The summed E-state index contributed by atoms with van der Waals surface area (Å²) in [6.07, 6.45) is 1.19. The summed E-state index contributed by atoms with van der Waals surface area (Å²) in [4.78, 5) is 6.04. The van der Waals surface area contributed by atoms with Gasteiger partial charge in [0.05, 0.1) is 5.69 Å². The van der Waals surface area contributed by atoms with Crippen LogP contribution in [0.3, 0.4) is 0 Å². The highest BCUT2D eigenvalue weighted by Crippen LogP contribution is 2.29. The first-order valence-electron chi connectivity index (χ1n) is 6.22. The lowest BCUT2D eigenvalue weighted by Gasteiger charge is -2.16. The molecule has 0 aliphatic heterocycles. The fourth-order valence-electron chi connectivity index (χ4n) is 1.37. The summed E-state index contributed by atoms with van der Waals surface area (Å²) in [6.45, 7) is 13.1. The molecule has 0 saturated carbocycles. The zero-order valence-electron chi connectivity index (χ0n) is 11.6. The molecule has 0 unspecified atom stereocenters. The summed E-state index contributed by atoms with van der Waals surface area (Å²) < 4.78 is 0.320. The van der Waals surface area contributed by atoms with E-state index in [2.05, 4.69) is 44.9 Å². The van der Waals surface area contributed by atoms with Crippen molar-refractivity contribution in [3.05, 3.63) is 15.6 Å². The van der Waals surface area contributed by atoms with Gasteiger partial charge in [0.2, 0.25) is 0 Å². The number of aromatic nitrogens is 1. The molecule has 1 rings (SSSR count). The highest BCUT2D eigenvalue weighted by atomic mass is 32.2. The summed E-state index contributed by atoms with van der Waals surface area (Å²) in [6, 6.07) is 0. The van der Waals surface area contributed by atoms with Crippen molar-refractivity contribution in [1.82, 2.24) is 10.3 Å². The Morgan fingerprint density at radius 2 is 2.06 bits per heavy atom. The van der Waals surface area contributed by atoms with Crippen LogP contribution in [0, 0.1) is 6.92 Å². The molecule has 0 radical (unpaired) electrons. The van der Waals surface area contributed by atoms with E-state index < -0.39 is 0 Å². The monoisotopic (exact) mass is 272 g/mol. The summed E-state index contributed by atoms with van der Waals surface area (Å²) in [5.74, 6) is 1.03. The van der Waals surface area contributed by atoms with Gasteiger partial charge in [0, 0.05) is 21.9 Å². The van der Waals surface area contributed by atoms with E-state index in [0.717, 1.165) is 18.8 Å². The van der Waals surface area contributed by atoms with Crippen LogP contribution in [0.2, 0.25) is 0 Å². The lowest BCUT2D eigenvalue weighted by atomic mass is 10.3. The summed E-state index contributed by atoms with van der Waals surface area (Å²) in [7, 11) is 0. The summed E-state index contributed by atoms with van der Waals surface area (Å²) in [5, 5.41) is 4.70. The van der Waals surface area contributed by atoms with Crippen molar-refractivity contribution in [3.8, 4) is 0 Å². The Kier molecular flexibility index (Phi) is 5.97. The smallest absolute Gasteiger partial charge is 0.103 e. The van der Waals surface area contributed by atoms with Crippen molar-refractivity contribution in [2.24, 2.45) is 0 Å². The standard InChI is InChI=1S/C13H24N2S2/c1-6-7-14-8-11-10(2)15-12(17-11)9-16-13(3,4)5/h14H,6-9H2,1-5H3. The van der Waals surface area contributed by atoms with Crippen LogP contribution >= 0.6 is 23.1 Å². The highest BCUT2D eigenvalue weighted by molar-refractivity contribution is 7.99. The number of thioether (sulfide) groups is 1. The van der Waals surface area contributed by atoms with Gasteiger partial charge in [0.25, 0.3) is 0 Å². The van der Waals surface area contributed by atoms with E-state index in [1.54, 1.807) is 0 Å². The Hall–Kier alpha value is -0.0600. The van der Waals surface area contributed by atoms with E-state index in [4.69, 9.17) is 0 Å². The van der Waals surface area contributed by atoms with Crippen LogP contribution in [0.1, 0.15) is 49.7 Å². The first-order valence-corrected chi connectivity index (χ1v) is 8.02. The van der Waals surface area contributed by atoms with E-state index in [1.165, 1.54) is 22.0 Å². The van der Waals surface area contributed by atoms with Gasteiger partial charge in [-0.2, -0.15) is 0 Å². The molecule has 0 aliphatic carbocycles. The molecular weight excluding hydrogens is 248 g/mol. The molecule has 0 fully saturated rings. The van der Waals surface area contributed by atoms with Crippen molar-refractivity contribution in [3.63, 3.8) is 0 Å². The lowest BCUT2D eigenvalue weighted by molar-refractivity contribution is 0.678. The third-order valence-electron chi connectivity index (χ3n) is 2.28. The molecule has 1 N–H and O–H groups in total. The predicted octanol–water partition coefficient (Wildman–Crippen LogP) is 3.98. The fourth-order valence-corrected chi connectivity index (χ4v) is 3.24. The van der Waals surface area contributed by atoms with Crippen molar-refractivity contribution < 1.29 is 0 Å². The summed E-state index contributed by atoms with van der Waals surface area (Å²) >= 11 is 3.82. The molecule has 0 amide bonds. The van der Waals surface area contributed by atoms with Gasteiger partial charge in [0.15, 0.2) is 0 Å². The van der Waals surface area contributed by atoms with Gasteiger partial charge in [0.1, 0.15) is 5.01 Å². The second kappa shape index (κ2) is 6.76. The molecule has 17 heavy (non-hydrogen) atoms. The molecule has 0 aliphatic rings. The SMILES string of the molecule is CCCNCc1sc(CSC(C)(C)C)nc1C. The van der Waals surface area contributed by atoms with Gasteiger partial charge < -0.3 is 5.32 Å². The molecular formula is C13H24N2S2. The quantitative estimate of drug-likeness (QED) is 0.793. The van der Waals surface area contributed by atoms with Gasteiger partial charge >= 0.3 is 0 Å². The first-order chi connectivity index (χ1) is 7.92. The number of nitrogens with one attached hydrogen (secondary N) is 1. The van der Waals surface area contributed by atoms with Gasteiger partial charge in [-0.3, -0.25) is 0 Å². The molecule has 0 spiro atoms. The molecule has 0 aromatic carbocycles. The maximum Gasteiger partial charge on any atom is 0.103 e. The number of aryl methyl sites for hydroxylation is 1. The number of hydrogen-bond donors (Lipinski definition) is 1. The van der Waals surface area contributed by atoms with Crippen molar-refractivity contribution >= 4 is 23.1 Å². The molecule has 0 saturated heterocycles. The minimum Gasteiger partial charge on any atom is -0.312 e. The van der Waals surface area contributed by atoms with Crippen LogP contribution in [0.15, 0.2) is 0 Å². The molecule has 1 heterocycles. The van der Waals surface area contributed by atoms with Crippen LogP contribution in [0.25, 0.3) is 0 Å². The number of hydrogen-bond acceptors (Lipinski definition) is 4. The Labute approximate surface area is 114 Å². The normalized spacial score (nSPS) is 12.1. The third kappa shape index (κ3) is 5.89. The Bertz CT molecular complexity index is 340. The fraction of sp³-hybridized carbons (Fsp3) is 0.769. The maximum atomic E-state index is 4.65. The van der Waals surface area contributed by atoms with Gasteiger partial charge in [-0.25, -0.2) is 4.98 Å². The van der Waals surface area contributed by atoms with E-state index in [1.807, 2.05) is 23.1 Å². The van der Waals surface area contributed by atoms with Crippen LogP contribution in [-0.4, -0.2) is 16.3 Å². The van der Waals surface area contributed by atoms with Crippen molar-refractivity contribution in [2.75, 3.05) is 6.54 Å². The number of rotatable bonds is 6. The first kappa shape index (κ1) is 15.0. The second-order valence-corrected chi connectivity index (χ2v) is 8.16. The molecule has 98 valence electrons. The van der Waals surface area contributed by atoms with E-state index in [-0.39, 0.29) is 0 Å². The number of nitrogens with zero attached hydrogens (tertiary/aromatic N) is 1. The van der Waals surface area contributed by atoms with E-state index in [0.29, 0.717) is 4.75 Å². The Balaban J connectivity index is 2.49. The van der Waals surface area contributed by atoms with Crippen LogP contribution in [0.4, 0.5) is 0 Å². The average Bonchev–Trinajstić information content (AvgIpc) is 2.56. The number of thiazole rings is 1. The van der Waals surface area contributed by atoms with Gasteiger partial charge in [-0.1, -0.05) is 27.7 Å². The van der Waals surface area contributed by atoms with Gasteiger partial charge in [-0.15, -0.1) is 23.1 Å². The van der Waals surface area contributed by atoms with Crippen molar-refractivity contribution in [2.45, 2.75) is 58.1 Å². The zero-order chi connectivity index (χ0) is 12.9. The van der Waals surface area contributed by atoms with Crippen molar-refractivity contribution in [1.29, 1.82) is 0 Å². The Morgan fingerprint density at radius 3 is 2.65 bits per heavy atom. The second-order valence-electron chi connectivity index (χ2n) is 5.19. The minimum absolute atomic E-state index is 0.320. The molecule has 0 atom stereocenters. The molecule has 2 nitrogen and oxygen atoms in total. The summed E-state index contributed by atoms with van der Waals surface area (Å²) in [5.41, 5.74) is 1.20. The topological polar surface area (TPSA) is 24.9 Å². The highest BCUT2D eigenvalue weighted by Gasteiger charge is 2.13. The van der Waals surface area contributed by atoms with Gasteiger partial charge in [-0.05, 0) is 19.9 Å². The average molecular weight is 272 g/mol. The maximum absolute atomic E-state index is 4.65. The van der Waals surface area contributed by atoms with E-state index in [9.17, 15) is 0 Å². The molecule has 1 aromatic heterocycles. The zero-order valence-corrected chi connectivity index (χ0v) is 13.2. The molecule has 4 heteroatoms. The lowest BCUT2D eigenvalue weighted by Crippen LogP contribution is -2.13. The van der Waals surface area contributed by atoms with Crippen LogP contribution < -0.4 is 5.32 Å². The third-order valence-corrected chi connectivity index (χ3v) is 4.90.